The Morgan fingerprint density at radius 1 is 1.26 bits per heavy atom. The molecule has 1 aromatic heterocycles. The molecule has 0 aliphatic heterocycles. The van der Waals surface area contributed by atoms with E-state index in [0.717, 1.165) is 5.56 Å². The van der Waals surface area contributed by atoms with E-state index in [1.54, 1.807) is 24.2 Å². The summed E-state index contributed by atoms with van der Waals surface area (Å²) in [5.41, 5.74) is 1.66. The number of amides is 1. The predicted molar refractivity (Wildman–Crippen MR) is 77.5 cm³/mol. The van der Waals surface area contributed by atoms with Crippen molar-refractivity contribution in [2.75, 3.05) is 11.9 Å². The number of likely N-dealkylation sites (N-methyl/N-ethyl adjacent to an activating group) is 1. The van der Waals surface area contributed by atoms with Gasteiger partial charge in [-0.25, -0.2) is 0 Å². The minimum Gasteiger partial charge on any atom is -0.313 e. The third-order valence-electron chi connectivity index (χ3n) is 3.11. The van der Waals surface area contributed by atoms with Gasteiger partial charge in [0.05, 0.1) is 16.6 Å². The van der Waals surface area contributed by atoms with Crippen molar-refractivity contribution in [2.24, 2.45) is 0 Å². The second-order valence-corrected chi connectivity index (χ2v) is 4.76. The fourth-order valence-electron chi connectivity index (χ4n) is 1.93. The van der Waals surface area contributed by atoms with Gasteiger partial charge in [0.2, 0.25) is 5.91 Å². The highest BCUT2D eigenvalue weighted by Gasteiger charge is 2.21. The SMILES string of the molecule is CC(C(=O)N(C)c1ccncc1Cl)c1ccccc1. The molecule has 2 rings (SSSR count). The maximum Gasteiger partial charge on any atom is 0.234 e. The van der Waals surface area contributed by atoms with Gasteiger partial charge in [0.1, 0.15) is 0 Å². The minimum atomic E-state index is -0.213. The van der Waals surface area contributed by atoms with Crippen LogP contribution in [0.5, 0.6) is 0 Å². The van der Waals surface area contributed by atoms with E-state index in [2.05, 4.69) is 4.98 Å². The number of pyridine rings is 1. The normalized spacial score (nSPS) is 11.9. The molecule has 19 heavy (non-hydrogen) atoms. The third kappa shape index (κ3) is 2.93. The molecule has 3 nitrogen and oxygen atoms in total. The Labute approximate surface area is 117 Å². The van der Waals surface area contributed by atoms with E-state index >= 15 is 0 Å². The fourth-order valence-corrected chi connectivity index (χ4v) is 2.18. The maximum atomic E-state index is 12.4. The summed E-state index contributed by atoms with van der Waals surface area (Å²) in [6.07, 6.45) is 3.16. The highest BCUT2D eigenvalue weighted by molar-refractivity contribution is 6.33. The van der Waals surface area contributed by atoms with E-state index in [-0.39, 0.29) is 11.8 Å². The molecule has 1 heterocycles. The van der Waals surface area contributed by atoms with Crippen molar-refractivity contribution >= 4 is 23.2 Å². The van der Waals surface area contributed by atoms with Crippen molar-refractivity contribution in [3.63, 3.8) is 0 Å². The number of hydrogen-bond donors (Lipinski definition) is 0. The molecule has 4 heteroatoms. The van der Waals surface area contributed by atoms with Crippen LogP contribution in [0.15, 0.2) is 48.8 Å². The van der Waals surface area contributed by atoms with E-state index in [1.165, 1.54) is 6.20 Å². The number of benzene rings is 1. The monoisotopic (exact) mass is 274 g/mol. The lowest BCUT2D eigenvalue weighted by Crippen LogP contribution is -2.30. The van der Waals surface area contributed by atoms with Gasteiger partial charge in [0.25, 0.3) is 0 Å². The standard InChI is InChI=1S/C15H15ClN2O/c1-11(12-6-4-3-5-7-12)15(19)18(2)14-8-9-17-10-13(14)16/h3-11H,1-2H3. The van der Waals surface area contributed by atoms with Crippen LogP contribution >= 0.6 is 11.6 Å². The topological polar surface area (TPSA) is 33.2 Å². The molecule has 0 bridgehead atoms. The summed E-state index contributed by atoms with van der Waals surface area (Å²) in [7, 11) is 1.73. The van der Waals surface area contributed by atoms with E-state index in [0.29, 0.717) is 10.7 Å². The van der Waals surface area contributed by atoms with Gasteiger partial charge >= 0.3 is 0 Å². The number of halogens is 1. The molecule has 0 aliphatic rings. The average Bonchev–Trinajstić information content (AvgIpc) is 2.46. The summed E-state index contributed by atoms with van der Waals surface area (Å²) >= 11 is 6.06. The third-order valence-corrected chi connectivity index (χ3v) is 3.40. The average molecular weight is 275 g/mol. The van der Waals surface area contributed by atoms with Crippen molar-refractivity contribution in [1.29, 1.82) is 0 Å². The quantitative estimate of drug-likeness (QED) is 0.858. The first kappa shape index (κ1) is 13.6. The first-order valence-electron chi connectivity index (χ1n) is 6.03. The van der Waals surface area contributed by atoms with E-state index in [4.69, 9.17) is 11.6 Å². The van der Waals surface area contributed by atoms with Crippen LogP contribution in [-0.4, -0.2) is 17.9 Å². The van der Waals surface area contributed by atoms with Crippen LogP contribution in [0.25, 0.3) is 0 Å². The Kier molecular flexibility index (Phi) is 4.17. The van der Waals surface area contributed by atoms with Crippen molar-refractivity contribution < 1.29 is 4.79 Å². The van der Waals surface area contributed by atoms with Crippen LogP contribution in [0, 0.1) is 0 Å². The summed E-state index contributed by atoms with van der Waals surface area (Å²) in [4.78, 5) is 17.9. The number of carbonyl (C=O) groups excluding carboxylic acids is 1. The molecule has 0 N–H and O–H groups in total. The number of nitrogens with zero attached hydrogens (tertiary/aromatic N) is 2. The van der Waals surface area contributed by atoms with Crippen molar-refractivity contribution in [1.82, 2.24) is 4.98 Å². The summed E-state index contributed by atoms with van der Waals surface area (Å²) in [6.45, 7) is 1.89. The zero-order valence-corrected chi connectivity index (χ0v) is 11.6. The van der Waals surface area contributed by atoms with Crippen LogP contribution in [-0.2, 0) is 4.79 Å². The van der Waals surface area contributed by atoms with Crippen molar-refractivity contribution in [3.8, 4) is 0 Å². The molecular weight excluding hydrogens is 260 g/mol. The number of anilines is 1. The second kappa shape index (κ2) is 5.85. The number of hydrogen-bond acceptors (Lipinski definition) is 2. The van der Waals surface area contributed by atoms with E-state index in [1.807, 2.05) is 37.3 Å². The van der Waals surface area contributed by atoms with Gasteiger partial charge in [0.15, 0.2) is 0 Å². The summed E-state index contributed by atoms with van der Waals surface area (Å²) < 4.78 is 0. The van der Waals surface area contributed by atoms with Crippen LogP contribution < -0.4 is 4.90 Å². The number of rotatable bonds is 3. The maximum absolute atomic E-state index is 12.4. The lowest BCUT2D eigenvalue weighted by Gasteiger charge is -2.22. The van der Waals surface area contributed by atoms with E-state index < -0.39 is 0 Å². The van der Waals surface area contributed by atoms with Gasteiger partial charge < -0.3 is 4.90 Å². The molecule has 1 atom stereocenters. The summed E-state index contributed by atoms with van der Waals surface area (Å²) in [6, 6.07) is 11.4. The predicted octanol–water partition coefficient (Wildman–Crippen LogP) is 3.50. The highest BCUT2D eigenvalue weighted by Crippen LogP contribution is 2.26. The Hall–Kier alpha value is -1.87. The lowest BCUT2D eigenvalue weighted by atomic mass is 10.00. The Morgan fingerprint density at radius 2 is 1.95 bits per heavy atom. The summed E-state index contributed by atoms with van der Waals surface area (Å²) in [5, 5.41) is 0.471. The van der Waals surface area contributed by atoms with Crippen LogP contribution in [0.4, 0.5) is 5.69 Å². The van der Waals surface area contributed by atoms with Gasteiger partial charge in [-0.3, -0.25) is 9.78 Å². The molecule has 1 aromatic carbocycles. The van der Waals surface area contributed by atoms with E-state index in [9.17, 15) is 4.79 Å². The Bertz CT molecular complexity index is 571. The fraction of sp³-hybridized carbons (Fsp3) is 0.200. The zero-order chi connectivity index (χ0) is 13.8. The second-order valence-electron chi connectivity index (χ2n) is 4.36. The molecule has 0 aliphatic carbocycles. The largest absolute Gasteiger partial charge is 0.313 e. The lowest BCUT2D eigenvalue weighted by molar-refractivity contribution is -0.119. The first-order chi connectivity index (χ1) is 9.11. The molecule has 2 aromatic rings. The van der Waals surface area contributed by atoms with Gasteiger partial charge in [-0.1, -0.05) is 41.9 Å². The van der Waals surface area contributed by atoms with Gasteiger partial charge in [-0.05, 0) is 18.6 Å². The molecule has 0 spiro atoms. The number of carbonyl (C=O) groups is 1. The van der Waals surface area contributed by atoms with Crippen LogP contribution in [0.1, 0.15) is 18.4 Å². The van der Waals surface area contributed by atoms with Crippen LogP contribution in [0.2, 0.25) is 5.02 Å². The molecular formula is C15H15ClN2O. The number of aromatic nitrogens is 1. The van der Waals surface area contributed by atoms with Crippen molar-refractivity contribution in [3.05, 3.63) is 59.4 Å². The molecule has 0 fully saturated rings. The minimum absolute atomic E-state index is 0.000648. The van der Waals surface area contributed by atoms with Gasteiger partial charge in [-0.2, -0.15) is 0 Å². The van der Waals surface area contributed by atoms with Crippen LogP contribution in [0.3, 0.4) is 0 Å². The Morgan fingerprint density at radius 3 is 2.58 bits per heavy atom. The first-order valence-corrected chi connectivity index (χ1v) is 6.41. The smallest absolute Gasteiger partial charge is 0.234 e. The zero-order valence-electron chi connectivity index (χ0n) is 10.9. The molecule has 0 saturated heterocycles. The van der Waals surface area contributed by atoms with Gasteiger partial charge in [0, 0.05) is 19.4 Å². The molecule has 98 valence electrons. The van der Waals surface area contributed by atoms with Gasteiger partial charge in [-0.15, -0.1) is 0 Å². The molecule has 1 unspecified atom stereocenters. The molecule has 0 saturated carbocycles. The summed E-state index contributed by atoms with van der Waals surface area (Å²) in [5.74, 6) is -0.213. The Balaban J connectivity index is 2.23. The molecule has 0 radical (unpaired) electrons. The highest BCUT2D eigenvalue weighted by atomic mass is 35.5. The molecule has 1 amide bonds. The van der Waals surface area contributed by atoms with Crippen molar-refractivity contribution in [2.45, 2.75) is 12.8 Å².